The van der Waals surface area contributed by atoms with Crippen LogP contribution >= 0.6 is 23.2 Å². The summed E-state index contributed by atoms with van der Waals surface area (Å²) in [4.78, 5) is 36.9. The molecule has 0 spiro atoms. The van der Waals surface area contributed by atoms with Crippen LogP contribution in [-0.2, 0) is 32.4 Å². The summed E-state index contributed by atoms with van der Waals surface area (Å²) in [5.41, 5.74) is 1.20. The summed E-state index contributed by atoms with van der Waals surface area (Å²) in [7, 11) is -3.50. The highest BCUT2D eigenvalue weighted by Crippen LogP contribution is 2.27. The number of hydrogen-bond donors (Lipinski definition) is 4. The minimum absolute atomic E-state index is 0.0259. The Hall–Kier alpha value is -3.86. The van der Waals surface area contributed by atoms with Crippen LogP contribution in [0.5, 0.6) is 5.75 Å². The zero-order valence-electron chi connectivity index (χ0n) is 20.5. The van der Waals surface area contributed by atoms with E-state index in [1.807, 2.05) is 0 Å². The van der Waals surface area contributed by atoms with Crippen molar-refractivity contribution in [3.05, 3.63) is 99.0 Å². The van der Waals surface area contributed by atoms with Gasteiger partial charge in [-0.15, -0.1) is 0 Å². The molecule has 0 aromatic heterocycles. The van der Waals surface area contributed by atoms with Crippen molar-refractivity contribution >= 4 is 56.9 Å². The van der Waals surface area contributed by atoms with Gasteiger partial charge in [0.15, 0.2) is 9.84 Å². The van der Waals surface area contributed by atoms with E-state index in [-0.39, 0.29) is 39.2 Å². The standard InChI is InChI=1S/C27H24Cl2N2O7S/c1-39(37,38)19-7-4-5-16(11-19)14-22(27(35)36)31-26(34)25-20(28)12-17(13-21(25)29)15-30-24(33)10-9-18-6-2-3-8-23(18)32/h2-13,22,32H,14-15H2,1H3,(H,30,33)(H,31,34)(H,35,36)/b10-9+/t22-/m0/s1. The smallest absolute Gasteiger partial charge is 0.326 e. The summed E-state index contributed by atoms with van der Waals surface area (Å²) in [6.07, 6.45) is 3.55. The lowest BCUT2D eigenvalue weighted by Gasteiger charge is -2.17. The number of benzene rings is 3. The van der Waals surface area contributed by atoms with Crippen LogP contribution in [-0.4, -0.2) is 48.7 Å². The summed E-state index contributed by atoms with van der Waals surface area (Å²) in [6.45, 7) is 0.0275. The second-order valence-corrected chi connectivity index (χ2v) is 11.4. The van der Waals surface area contributed by atoms with E-state index >= 15 is 0 Å². The highest BCUT2D eigenvalue weighted by atomic mass is 35.5. The first-order valence-corrected chi connectivity index (χ1v) is 14.0. The molecule has 0 aliphatic carbocycles. The number of nitrogens with one attached hydrogen (secondary N) is 2. The summed E-state index contributed by atoms with van der Waals surface area (Å²) in [5.74, 6) is -2.59. The van der Waals surface area contributed by atoms with Crippen molar-refractivity contribution in [3.8, 4) is 5.75 Å². The number of phenolic OH excluding ortho intramolecular Hbond substituents is 1. The number of para-hydroxylation sites is 1. The molecule has 12 heteroatoms. The lowest BCUT2D eigenvalue weighted by Crippen LogP contribution is -2.42. The van der Waals surface area contributed by atoms with Gasteiger partial charge in [-0.3, -0.25) is 9.59 Å². The quantitative estimate of drug-likeness (QED) is 0.262. The zero-order chi connectivity index (χ0) is 28.7. The molecule has 0 bridgehead atoms. The van der Waals surface area contributed by atoms with Gasteiger partial charge in [0.05, 0.1) is 20.5 Å². The molecule has 2 amide bonds. The number of rotatable bonds is 10. The molecule has 39 heavy (non-hydrogen) atoms. The summed E-state index contributed by atoms with van der Waals surface area (Å²) < 4.78 is 23.6. The minimum atomic E-state index is -3.50. The van der Waals surface area contributed by atoms with E-state index in [2.05, 4.69) is 10.6 Å². The molecule has 3 rings (SSSR count). The molecule has 0 aliphatic rings. The van der Waals surface area contributed by atoms with E-state index in [1.165, 1.54) is 48.6 Å². The Balaban J connectivity index is 1.68. The Bertz CT molecular complexity index is 1530. The Morgan fingerprint density at radius 2 is 1.64 bits per heavy atom. The molecule has 0 unspecified atom stereocenters. The lowest BCUT2D eigenvalue weighted by atomic mass is 10.0. The van der Waals surface area contributed by atoms with E-state index in [4.69, 9.17) is 23.2 Å². The summed E-state index contributed by atoms with van der Waals surface area (Å²) >= 11 is 12.6. The van der Waals surface area contributed by atoms with Crippen LogP contribution in [0.2, 0.25) is 10.0 Å². The van der Waals surface area contributed by atoms with Crippen LogP contribution in [0.4, 0.5) is 0 Å². The average molecular weight is 591 g/mol. The number of halogens is 2. The van der Waals surface area contributed by atoms with Crippen LogP contribution in [0.15, 0.2) is 71.6 Å². The van der Waals surface area contributed by atoms with Gasteiger partial charge in [0.1, 0.15) is 11.8 Å². The van der Waals surface area contributed by atoms with E-state index < -0.39 is 33.7 Å². The van der Waals surface area contributed by atoms with Crippen molar-refractivity contribution in [2.45, 2.75) is 23.9 Å². The number of carbonyl (C=O) groups is 3. The van der Waals surface area contributed by atoms with Crippen molar-refractivity contribution in [3.63, 3.8) is 0 Å². The molecule has 0 saturated carbocycles. The molecular formula is C27H24Cl2N2O7S. The Kier molecular flexibility index (Phi) is 9.74. The fourth-order valence-electron chi connectivity index (χ4n) is 3.56. The maximum atomic E-state index is 12.9. The number of hydrogen-bond acceptors (Lipinski definition) is 6. The molecule has 4 N–H and O–H groups in total. The number of aliphatic carboxylic acids is 1. The minimum Gasteiger partial charge on any atom is -0.507 e. The summed E-state index contributed by atoms with van der Waals surface area (Å²) in [5, 5.41) is 24.3. The van der Waals surface area contributed by atoms with Crippen LogP contribution in [0.25, 0.3) is 6.08 Å². The predicted molar refractivity (Wildman–Crippen MR) is 148 cm³/mol. The maximum absolute atomic E-state index is 12.9. The molecule has 1 atom stereocenters. The Morgan fingerprint density at radius 1 is 0.974 bits per heavy atom. The highest BCUT2D eigenvalue weighted by molar-refractivity contribution is 7.90. The van der Waals surface area contributed by atoms with E-state index in [9.17, 15) is 33.0 Å². The molecule has 0 aliphatic heterocycles. The van der Waals surface area contributed by atoms with Crippen LogP contribution in [0, 0.1) is 0 Å². The number of phenols is 1. The van der Waals surface area contributed by atoms with Crippen molar-refractivity contribution in [2.24, 2.45) is 0 Å². The number of carbonyl (C=O) groups excluding carboxylic acids is 2. The second-order valence-electron chi connectivity index (χ2n) is 8.53. The predicted octanol–water partition coefficient (Wildman–Crippen LogP) is 3.86. The molecular weight excluding hydrogens is 567 g/mol. The molecule has 0 fully saturated rings. The van der Waals surface area contributed by atoms with Crippen molar-refractivity contribution in [1.29, 1.82) is 0 Å². The fourth-order valence-corrected chi connectivity index (χ4v) is 4.95. The van der Waals surface area contributed by atoms with Gasteiger partial charge in [0.25, 0.3) is 5.91 Å². The monoisotopic (exact) mass is 590 g/mol. The lowest BCUT2D eigenvalue weighted by molar-refractivity contribution is -0.139. The second kappa shape index (κ2) is 12.8. The van der Waals surface area contributed by atoms with Crippen molar-refractivity contribution < 1.29 is 33.0 Å². The first-order valence-electron chi connectivity index (χ1n) is 11.4. The van der Waals surface area contributed by atoms with Gasteiger partial charge in [-0.1, -0.05) is 53.5 Å². The van der Waals surface area contributed by atoms with Crippen LogP contribution in [0.3, 0.4) is 0 Å². The highest BCUT2D eigenvalue weighted by Gasteiger charge is 2.25. The number of sulfone groups is 1. The average Bonchev–Trinajstić information content (AvgIpc) is 2.86. The molecule has 0 radical (unpaired) electrons. The van der Waals surface area contributed by atoms with Gasteiger partial charge < -0.3 is 20.8 Å². The Morgan fingerprint density at radius 3 is 2.26 bits per heavy atom. The summed E-state index contributed by atoms with van der Waals surface area (Å²) in [6, 6.07) is 13.7. The first-order chi connectivity index (χ1) is 18.3. The van der Waals surface area contributed by atoms with Gasteiger partial charge in [-0.2, -0.15) is 0 Å². The molecule has 3 aromatic rings. The van der Waals surface area contributed by atoms with Crippen molar-refractivity contribution in [1.82, 2.24) is 10.6 Å². The SMILES string of the molecule is CS(=O)(=O)c1cccc(C[C@H](NC(=O)c2c(Cl)cc(CNC(=O)/C=C/c3ccccc3O)cc2Cl)C(=O)O)c1. The van der Waals surface area contributed by atoms with E-state index in [1.54, 1.807) is 24.3 Å². The topological polar surface area (TPSA) is 150 Å². The molecule has 204 valence electrons. The number of amides is 2. The maximum Gasteiger partial charge on any atom is 0.326 e. The van der Waals surface area contributed by atoms with E-state index in [0.29, 0.717) is 16.7 Å². The fraction of sp³-hybridized carbons (Fsp3) is 0.148. The number of carboxylic acids is 1. The number of aromatic hydroxyl groups is 1. The van der Waals surface area contributed by atoms with Gasteiger partial charge >= 0.3 is 5.97 Å². The third-order valence-corrected chi connectivity index (χ3v) is 7.22. The molecule has 0 saturated heterocycles. The van der Waals surface area contributed by atoms with Crippen LogP contribution in [0.1, 0.15) is 27.0 Å². The van der Waals surface area contributed by atoms with Gasteiger partial charge in [-0.25, -0.2) is 13.2 Å². The molecule has 9 nitrogen and oxygen atoms in total. The normalized spacial score (nSPS) is 12.2. The van der Waals surface area contributed by atoms with E-state index in [0.717, 1.165) is 6.26 Å². The Labute approximate surface area is 235 Å². The van der Waals surface area contributed by atoms with Crippen LogP contribution < -0.4 is 10.6 Å². The zero-order valence-corrected chi connectivity index (χ0v) is 22.8. The van der Waals surface area contributed by atoms with Gasteiger partial charge in [0.2, 0.25) is 5.91 Å². The first kappa shape index (κ1) is 29.7. The van der Waals surface area contributed by atoms with Crippen molar-refractivity contribution in [2.75, 3.05) is 6.26 Å². The largest absolute Gasteiger partial charge is 0.507 e. The molecule has 0 heterocycles. The molecule has 3 aromatic carbocycles. The van der Waals surface area contributed by atoms with Gasteiger partial charge in [0, 0.05) is 30.9 Å². The van der Waals surface area contributed by atoms with Gasteiger partial charge in [-0.05, 0) is 47.5 Å². The third-order valence-electron chi connectivity index (χ3n) is 5.52. The third kappa shape index (κ3) is 8.31. The number of carboxylic acid groups (broad SMARTS) is 1.